The van der Waals surface area contributed by atoms with Crippen LogP contribution in [0.3, 0.4) is 0 Å². The Morgan fingerprint density at radius 3 is 2.31 bits per heavy atom. The first kappa shape index (κ1) is 15.0. The van der Waals surface area contributed by atoms with Gasteiger partial charge in [-0.25, -0.2) is 0 Å². The van der Waals surface area contributed by atoms with Crippen molar-refractivity contribution in [1.82, 2.24) is 10.6 Å². The number of carbonyl (C=O) groups excluding carboxylic acids is 2. The predicted octanol–water partition coefficient (Wildman–Crippen LogP) is -1.06. The molecule has 6 heteroatoms. The highest BCUT2D eigenvalue weighted by Gasteiger charge is 2.00. The third kappa shape index (κ3) is 11.1. The summed E-state index contributed by atoms with van der Waals surface area (Å²) in [6.45, 7) is 3.54. The quantitative estimate of drug-likeness (QED) is 0.470. The van der Waals surface area contributed by atoms with Gasteiger partial charge in [-0.05, 0) is 14.0 Å². The smallest absolute Gasteiger partial charge is 0.246 e. The van der Waals surface area contributed by atoms with Crippen LogP contribution in [-0.2, 0) is 19.1 Å². The molecule has 0 saturated heterocycles. The number of ether oxygens (including phenoxy) is 2. The standard InChI is InChI=1S/C10H20N2O4/c1-9(13)7-15-6-4-12-10(14)8-16-5-3-11-2/h11H,3-8H2,1-2H3,(H,12,14). The Morgan fingerprint density at radius 2 is 1.69 bits per heavy atom. The largest absolute Gasteiger partial charge is 0.372 e. The first-order valence-corrected chi connectivity index (χ1v) is 5.23. The van der Waals surface area contributed by atoms with Crippen LogP contribution in [0.2, 0.25) is 0 Å². The van der Waals surface area contributed by atoms with Gasteiger partial charge in [-0.15, -0.1) is 0 Å². The second-order valence-corrected chi connectivity index (χ2v) is 3.26. The van der Waals surface area contributed by atoms with Crippen LogP contribution in [0.15, 0.2) is 0 Å². The monoisotopic (exact) mass is 232 g/mol. The molecule has 0 heterocycles. The maximum atomic E-state index is 11.1. The summed E-state index contributed by atoms with van der Waals surface area (Å²) in [6.07, 6.45) is 0. The topological polar surface area (TPSA) is 76.7 Å². The fourth-order valence-corrected chi connectivity index (χ4v) is 0.869. The van der Waals surface area contributed by atoms with E-state index in [4.69, 9.17) is 9.47 Å². The summed E-state index contributed by atoms with van der Waals surface area (Å²) in [6, 6.07) is 0. The molecule has 0 bridgehead atoms. The summed E-state index contributed by atoms with van der Waals surface area (Å²) in [7, 11) is 1.82. The van der Waals surface area contributed by atoms with E-state index in [0.717, 1.165) is 6.54 Å². The Balaban J connectivity index is 3.20. The molecule has 1 amide bonds. The maximum Gasteiger partial charge on any atom is 0.246 e. The molecule has 16 heavy (non-hydrogen) atoms. The van der Waals surface area contributed by atoms with Crippen molar-refractivity contribution in [2.75, 3.05) is 46.6 Å². The van der Waals surface area contributed by atoms with Crippen LogP contribution >= 0.6 is 0 Å². The fraction of sp³-hybridized carbons (Fsp3) is 0.800. The molecule has 0 aliphatic carbocycles. The van der Waals surface area contributed by atoms with E-state index in [1.165, 1.54) is 6.92 Å². The van der Waals surface area contributed by atoms with Gasteiger partial charge in [-0.1, -0.05) is 0 Å². The lowest BCUT2D eigenvalue weighted by Gasteiger charge is -2.06. The molecule has 0 aromatic rings. The lowest BCUT2D eigenvalue weighted by molar-refractivity contribution is -0.125. The average Bonchev–Trinajstić information content (AvgIpc) is 2.23. The van der Waals surface area contributed by atoms with E-state index in [1.54, 1.807) is 0 Å². The van der Waals surface area contributed by atoms with Crippen molar-refractivity contribution in [2.45, 2.75) is 6.92 Å². The Morgan fingerprint density at radius 1 is 1.06 bits per heavy atom. The van der Waals surface area contributed by atoms with Crippen molar-refractivity contribution < 1.29 is 19.1 Å². The Hall–Kier alpha value is -0.980. The Labute approximate surface area is 95.7 Å². The molecule has 0 unspecified atom stereocenters. The third-order valence-corrected chi connectivity index (χ3v) is 1.60. The molecular formula is C10H20N2O4. The first-order valence-electron chi connectivity index (χ1n) is 5.23. The van der Waals surface area contributed by atoms with E-state index in [2.05, 4.69) is 10.6 Å². The summed E-state index contributed by atoms with van der Waals surface area (Å²) in [5.74, 6) is -0.204. The van der Waals surface area contributed by atoms with E-state index < -0.39 is 0 Å². The van der Waals surface area contributed by atoms with Gasteiger partial charge in [0, 0.05) is 13.1 Å². The number of amides is 1. The number of hydrogen-bond acceptors (Lipinski definition) is 5. The van der Waals surface area contributed by atoms with Crippen LogP contribution in [-0.4, -0.2) is 58.3 Å². The van der Waals surface area contributed by atoms with Gasteiger partial charge in [0.2, 0.25) is 5.91 Å². The van der Waals surface area contributed by atoms with Crippen LogP contribution < -0.4 is 10.6 Å². The van der Waals surface area contributed by atoms with Gasteiger partial charge < -0.3 is 20.1 Å². The highest BCUT2D eigenvalue weighted by atomic mass is 16.5. The van der Waals surface area contributed by atoms with Crippen molar-refractivity contribution in [1.29, 1.82) is 0 Å². The molecule has 6 nitrogen and oxygen atoms in total. The highest BCUT2D eigenvalue weighted by Crippen LogP contribution is 1.77. The summed E-state index contributed by atoms with van der Waals surface area (Å²) >= 11 is 0. The molecule has 0 saturated carbocycles. The number of hydrogen-bond donors (Lipinski definition) is 2. The molecule has 0 rings (SSSR count). The summed E-state index contributed by atoms with van der Waals surface area (Å²) < 4.78 is 10.0. The van der Waals surface area contributed by atoms with Crippen molar-refractivity contribution in [3.63, 3.8) is 0 Å². The van der Waals surface area contributed by atoms with Gasteiger partial charge in [0.1, 0.15) is 13.2 Å². The zero-order valence-electron chi connectivity index (χ0n) is 9.88. The van der Waals surface area contributed by atoms with Crippen molar-refractivity contribution in [2.24, 2.45) is 0 Å². The molecule has 0 atom stereocenters. The second kappa shape index (κ2) is 10.5. The number of Topliss-reactive ketones (excluding diaryl/α,β-unsaturated/α-hetero) is 1. The SMILES string of the molecule is CNCCOCC(=O)NCCOCC(C)=O. The number of rotatable bonds is 10. The summed E-state index contributed by atoms with van der Waals surface area (Å²) in [5.41, 5.74) is 0. The van der Waals surface area contributed by atoms with E-state index in [0.29, 0.717) is 19.8 Å². The molecule has 0 aliphatic rings. The van der Waals surface area contributed by atoms with E-state index in [-0.39, 0.29) is 24.9 Å². The average molecular weight is 232 g/mol. The minimum Gasteiger partial charge on any atom is -0.372 e. The van der Waals surface area contributed by atoms with E-state index >= 15 is 0 Å². The zero-order chi connectivity index (χ0) is 12.2. The molecule has 0 aromatic carbocycles. The van der Waals surface area contributed by atoms with E-state index in [1.807, 2.05) is 7.05 Å². The Bertz CT molecular complexity index is 209. The fourth-order valence-electron chi connectivity index (χ4n) is 0.869. The third-order valence-electron chi connectivity index (χ3n) is 1.60. The van der Waals surface area contributed by atoms with Gasteiger partial charge in [-0.2, -0.15) is 0 Å². The lowest BCUT2D eigenvalue weighted by atomic mass is 10.5. The van der Waals surface area contributed by atoms with Crippen molar-refractivity contribution in [3.8, 4) is 0 Å². The van der Waals surface area contributed by atoms with Crippen LogP contribution in [0.1, 0.15) is 6.92 Å². The number of ketones is 1. The Kier molecular flexibility index (Phi) is 9.89. The van der Waals surface area contributed by atoms with E-state index in [9.17, 15) is 9.59 Å². The van der Waals surface area contributed by atoms with Gasteiger partial charge in [0.25, 0.3) is 0 Å². The van der Waals surface area contributed by atoms with Gasteiger partial charge in [0.05, 0.1) is 13.2 Å². The van der Waals surface area contributed by atoms with Crippen LogP contribution in [0, 0.1) is 0 Å². The van der Waals surface area contributed by atoms with Gasteiger partial charge in [0.15, 0.2) is 5.78 Å². The summed E-state index contributed by atoms with van der Waals surface area (Å²) in [4.78, 5) is 21.6. The van der Waals surface area contributed by atoms with Gasteiger partial charge in [-0.3, -0.25) is 9.59 Å². The molecule has 0 fully saturated rings. The molecule has 0 aromatic heterocycles. The first-order chi connectivity index (χ1) is 7.66. The number of carbonyl (C=O) groups is 2. The highest BCUT2D eigenvalue weighted by molar-refractivity contribution is 5.77. The molecule has 94 valence electrons. The van der Waals surface area contributed by atoms with Gasteiger partial charge >= 0.3 is 0 Å². The second-order valence-electron chi connectivity index (χ2n) is 3.26. The minimum atomic E-state index is -0.178. The van der Waals surface area contributed by atoms with Crippen LogP contribution in [0.25, 0.3) is 0 Å². The molecule has 0 aliphatic heterocycles. The molecule has 2 N–H and O–H groups in total. The zero-order valence-corrected chi connectivity index (χ0v) is 9.88. The number of likely N-dealkylation sites (N-methyl/N-ethyl adjacent to an activating group) is 1. The number of nitrogens with one attached hydrogen (secondary N) is 2. The van der Waals surface area contributed by atoms with Crippen LogP contribution in [0.4, 0.5) is 0 Å². The normalized spacial score (nSPS) is 10.1. The summed E-state index contributed by atoms with van der Waals surface area (Å²) in [5, 5.41) is 5.52. The molecular weight excluding hydrogens is 212 g/mol. The predicted molar refractivity (Wildman–Crippen MR) is 59.3 cm³/mol. The van der Waals surface area contributed by atoms with Crippen molar-refractivity contribution in [3.05, 3.63) is 0 Å². The molecule has 0 spiro atoms. The van der Waals surface area contributed by atoms with Crippen LogP contribution in [0.5, 0.6) is 0 Å². The maximum absolute atomic E-state index is 11.1. The lowest BCUT2D eigenvalue weighted by Crippen LogP contribution is -2.31. The minimum absolute atomic E-state index is 0.0262. The van der Waals surface area contributed by atoms with Crippen molar-refractivity contribution >= 4 is 11.7 Å². The molecule has 0 radical (unpaired) electrons.